The number of carboxylic acid groups (broad SMARTS) is 1. The molecule has 2 aromatic carbocycles. The van der Waals surface area contributed by atoms with Gasteiger partial charge in [0, 0.05) is 25.6 Å². The Morgan fingerprint density at radius 2 is 1.80 bits per heavy atom. The standard InChI is InChI=1S/C31H41FN2O5S/c1-39-29-7-2-3-8-30(29)40(37,38)16-13-22-11-14-33(15-12-22)19-25-20-34(28(31(35)36)17-23-9-10-23)21-27(25)24-5-4-6-26(32)18-24/h2-8,18,22-23,25,27-28H,9-17,19-21H2,1H3,(H,35,36). The molecule has 2 aromatic rings. The lowest BCUT2D eigenvalue weighted by molar-refractivity contribution is -0.143. The maximum Gasteiger partial charge on any atom is 0.320 e. The molecule has 0 spiro atoms. The number of carbonyl (C=O) groups is 1. The van der Waals surface area contributed by atoms with E-state index in [9.17, 15) is 22.7 Å². The van der Waals surface area contributed by atoms with Gasteiger partial charge in [0.2, 0.25) is 0 Å². The van der Waals surface area contributed by atoms with Crippen LogP contribution in [0.1, 0.15) is 50.0 Å². The van der Waals surface area contributed by atoms with E-state index in [1.807, 2.05) is 6.07 Å². The molecule has 3 aliphatic rings. The maximum atomic E-state index is 14.2. The van der Waals surface area contributed by atoms with E-state index in [2.05, 4.69) is 9.80 Å². The molecule has 2 aliphatic heterocycles. The van der Waals surface area contributed by atoms with Gasteiger partial charge >= 0.3 is 5.97 Å². The predicted molar refractivity (Wildman–Crippen MR) is 152 cm³/mol. The number of hydrogen-bond donors (Lipinski definition) is 1. The molecule has 2 heterocycles. The van der Waals surface area contributed by atoms with Crippen LogP contribution in [0.3, 0.4) is 0 Å². The molecule has 218 valence electrons. The van der Waals surface area contributed by atoms with Crippen molar-refractivity contribution in [2.45, 2.75) is 55.4 Å². The molecule has 1 aliphatic carbocycles. The van der Waals surface area contributed by atoms with Gasteiger partial charge in [-0.3, -0.25) is 9.69 Å². The Hall–Kier alpha value is -2.49. The topological polar surface area (TPSA) is 87.2 Å². The molecule has 9 heteroatoms. The van der Waals surface area contributed by atoms with Gasteiger partial charge in [-0.05, 0) is 86.4 Å². The number of likely N-dealkylation sites (tertiary alicyclic amines) is 2. The number of halogens is 1. The number of para-hydroxylation sites is 1. The molecule has 3 atom stereocenters. The highest BCUT2D eigenvalue weighted by Crippen LogP contribution is 2.40. The van der Waals surface area contributed by atoms with Gasteiger partial charge in [0.25, 0.3) is 0 Å². The lowest BCUT2D eigenvalue weighted by Crippen LogP contribution is -2.42. The monoisotopic (exact) mass is 572 g/mol. The zero-order valence-corrected chi connectivity index (χ0v) is 24.1. The summed E-state index contributed by atoms with van der Waals surface area (Å²) < 4.78 is 45.4. The molecule has 3 unspecified atom stereocenters. The Balaban J connectivity index is 1.19. The van der Waals surface area contributed by atoms with Crippen molar-refractivity contribution in [2.24, 2.45) is 17.8 Å². The maximum absolute atomic E-state index is 14.2. The number of ether oxygens (including phenoxy) is 1. The van der Waals surface area contributed by atoms with E-state index >= 15 is 0 Å². The van der Waals surface area contributed by atoms with Crippen LogP contribution in [0.5, 0.6) is 5.75 Å². The first-order valence-corrected chi connectivity index (χ1v) is 16.2. The number of sulfone groups is 1. The van der Waals surface area contributed by atoms with E-state index in [-0.39, 0.29) is 28.3 Å². The number of methoxy groups -OCH3 is 1. The molecule has 0 bridgehead atoms. The number of nitrogens with zero attached hydrogens (tertiary/aromatic N) is 2. The summed E-state index contributed by atoms with van der Waals surface area (Å²) in [6.07, 6.45) is 5.41. The Kier molecular flexibility index (Phi) is 9.12. The smallest absolute Gasteiger partial charge is 0.320 e. The third-order valence-electron chi connectivity index (χ3n) is 9.12. The third kappa shape index (κ3) is 7.04. The Labute approximate surface area is 237 Å². The van der Waals surface area contributed by atoms with Gasteiger partial charge in [0.05, 0.1) is 12.9 Å². The number of carboxylic acids is 1. The van der Waals surface area contributed by atoms with Crippen LogP contribution in [0, 0.1) is 23.6 Å². The van der Waals surface area contributed by atoms with Gasteiger partial charge in [-0.15, -0.1) is 0 Å². The van der Waals surface area contributed by atoms with Crippen molar-refractivity contribution in [3.05, 3.63) is 59.9 Å². The lowest BCUT2D eigenvalue weighted by Gasteiger charge is -2.35. The van der Waals surface area contributed by atoms with E-state index in [1.165, 1.54) is 13.2 Å². The number of hydrogen-bond acceptors (Lipinski definition) is 6. The molecule has 3 fully saturated rings. The largest absolute Gasteiger partial charge is 0.495 e. The molecule has 0 radical (unpaired) electrons. The lowest BCUT2D eigenvalue weighted by atomic mass is 9.87. The zero-order valence-electron chi connectivity index (χ0n) is 23.3. The van der Waals surface area contributed by atoms with Crippen molar-refractivity contribution in [3.8, 4) is 5.75 Å². The van der Waals surface area contributed by atoms with Crippen molar-refractivity contribution >= 4 is 15.8 Å². The Bertz CT molecular complexity index is 1280. The first kappa shape index (κ1) is 29.0. The average molecular weight is 573 g/mol. The molecule has 1 saturated carbocycles. The summed E-state index contributed by atoms with van der Waals surface area (Å²) in [6.45, 7) is 3.93. The van der Waals surface area contributed by atoms with E-state index < -0.39 is 21.8 Å². The van der Waals surface area contributed by atoms with Crippen LogP contribution < -0.4 is 4.74 Å². The summed E-state index contributed by atoms with van der Waals surface area (Å²) >= 11 is 0. The number of aliphatic carboxylic acids is 1. The Morgan fingerprint density at radius 3 is 2.48 bits per heavy atom. The Morgan fingerprint density at radius 1 is 1.05 bits per heavy atom. The molecule has 0 aromatic heterocycles. The minimum atomic E-state index is -3.42. The van der Waals surface area contributed by atoms with E-state index in [0.717, 1.165) is 50.9 Å². The van der Waals surface area contributed by atoms with Gasteiger partial charge in [-0.2, -0.15) is 0 Å². The number of benzene rings is 2. The minimum absolute atomic E-state index is 0.0838. The van der Waals surface area contributed by atoms with Crippen LogP contribution in [0.25, 0.3) is 0 Å². The van der Waals surface area contributed by atoms with Crippen molar-refractivity contribution in [2.75, 3.05) is 45.6 Å². The fourth-order valence-electron chi connectivity index (χ4n) is 6.63. The molecular weight excluding hydrogens is 531 g/mol. The quantitative estimate of drug-likeness (QED) is 0.395. The predicted octanol–water partition coefficient (Wildman–Crippen LogP) is 4.68. The fourth-order valence-corrected chi connectivity index (χ4v) is 8.24. The van der Waals surface area contributed by atoms with Crippen molar-refractivity contribution in [1.82, 2.24) is 9.80 Å². The first-order chi connectivity index (χ1) is 19.2. The molecule has 5 rings (SSSR count). The van der Waals surface area contributed by atoms with Gasteiger partial charge in [0.1, 0.15) is 22.5 Å². The van der Waals surface area contributed by atoms with E-state index in [1.54, 1.807) is 36.4 Å². The van der Waals surface area contributed by atoms with E-state index in [0.29, 0.717) is 43.5 Å². The van der Waals surface area contributed by atoms with Crippen LogP contribution in [-0.2, 0) is 14.6 Å². The highest BCUT2D eigenvalue weighted by molar-refractivity contribution is 7.91. The first-order valence-electron chi connectivity index (χ1n) is 14.5. The molecule has 1 N–H and O–H groups in total. The molecule has 2 saturated heterocycles. The van der Waals surface area contributed by atoms with Crippen molar-refractivity contribution in [1.29, 1.82) is 0 Å². The van der Waals surface area contributed by atoms with Crippen molar-refractivity contribution < 1.29 is 27.4 Å². The zero-order chi connectivity index (χ0) is 28.3. The fraction of sp³-hybridized carbons (Fsp3) is 0.581. The summed E-state index contributed by atoms with van der Waals surface area (Å²) in [5, 5.41) is 10.00. The number of rotatable bonds is 12. The molecule has 7 nitrogen and oxygen atoms in total. The summed E-state index contributed by atoms with van der Waals surface area (Å²) in [6, 6.07) is 13.1. The number of piperidine rings is 1. The molecular formula is C31H41FN2O5S. The summed E-state index contributed by atoms with van der Waals surface area (Å²) in [7, 11) is -1.94. The van der Waals surface area contributed by atoms with Gasteiger partial charge in [-0.25, -0.2) is 12.8 Å². The van der Waals surface area contributed by atoms with Gasteiger partial charge in [-0.1, -0.05) is 37.1 Å². The van der Waals surface area contributed by atoms with Crippen LogP contribution in [0.2, 0.25) is 0 Å². The summed E-state index contributed by atoms with van der Waals surface area (Å²) in [5.41, 5.74) is 0.944. The average Bonchev–Trinajstić information content (AvgIpc) is 3.68. The molecule has 40 heavy (non-hydrogen) atoms. The van der Waals surface area contributed by atoms with Crippen molar-refractivity contribution in [3.63, 3.8) is 0 Å². The van der Waals surface area contributed by atoms with E-state index in [4.69, 9.17) is 4.74 Å². The third-order valence-corrected chi connectivity index (χ3v) is 10.9. The van der Waals surface area contributed by atoms with Crippen LogP contribution >= 0.6 is 0 Å². The normalized spacial score (nSPS) is 23.8. The highest BCUT2D eigenvalue weighted by atomic mass is 32.2. The van der Waals surface area contributed by atoms with Crippen LogP contribution in [0.15, 0.2) is 53.4 Å². The van der Waals surface area contributed by atoms with Crippen LogP contribution in [0.4, 0.5) is 4.39 Å². The van der Waals surface area contributed by atoms with Gasteiger partial charge in [0.15, 0.2) is 9.84 Å². The van der Waals surface area contributed by atoms with Crippen LogP contribution in [-0.4, -0.2) is 80.9 Å². The minimum Gasteiger partial charge on any atom is -0.495 e. The summed E-state index contributed by atoms with van der Waals surface area (Å²) in [5.74, 6) is 0.632. The second kappa shape index (κ2) is 12.6. The SMILES string of the molecule is COc1ccccc1S(=O)(=O)CCC1CCN(CC2CN(C(CC3CC3)C(=O)O)CC2c2cccc(F)c2)CC1. The second-order valence-corrected chi connectivity index (χ2v) is 14.0. The van der Waals surface area contributed by atoms with Gasteiger partial charge < -0.3 is 14.7 Å². The second-order valence-electron chi connectivity index (χ2n) is 11.9. The summed E-state index contributed by atoms with van der Waals surface area (Å²) in [4.78, 5) is 17.0. The highest BCUT2D eigenvalue weighted by Gasteiger charge is 2.42. The molecule has 0 amide bonds.